The first-order valence-corrected chi connectivity index (χ1v) is 13.2. The second-order valence-corrected chi connectivity index (χ2v) is 11.4. The normalized spacial score (nSPS) is 28.4. The van der Waals surface area contributed by atoms with E-state index in [0.717, 1.165) is 12.8 Å². The van der Waals surface area contributed by atoms with Crippen molar-refractivity contribution in [1.29, 1.82) is 0 Å². The van der Waals surface area contributed by atoms with Crippen LogP contribution in [0.3, 0.4) is 0 Å². The molecule has 1 saturated carbocycles. The smallest absolute Gasteiger partial charge is 0.407 e. The Balaban J connectivity index is 1.61. The van der Waals surface area contributed by atoms with E-state index in [-0.39, 0.29) is 37.2 Å². The molecule has 0 aromatic rings. The molecule has 192 valence electrons. The maximum atomic E-state index is 13.0. The number of hydrogen-bond donors (Lipinski definition) is 4. The molecule has 0 aromatic heterocycles. The molecule has 1 aliphatic heterocycles. The molecular weight excluding hydrogens is 466 g/mol. The highest BCUT2D eigenvalue weighted by Gasteiger charge is 2.37. The lowest BCUT2D eigenvalue weighted by molar-refractivity contribution is -0.126. The Bertz CT molecular complexity index is 906. The molecule has 2 aliphatic carbocycles. The van der Waals surface area contributed by atoms with Gasteiger partial charge in [-0.1, -0.05) is 26.0 Å². The summed E-state index contributed by atoms with van der Waals surface area (Å²) in [5.74, 6) is -0.596. The first-order chi connectivity index (χ1) is 15.9. The molecule has 4 unspecified atom stereocenters. The summed E-state index contributed by atoms with van der Waals surface area (Å²) >= 11 is 0. The number of allylic oxidation sites excluding steroid dienone is 2. The topological polar surface area (TPSA) is 174 Å². The van der Waals surface area contributed by atoms with Crippen molar-refractivity contribution in [3.05, 3.63) is 12.2 Å². The van der Waals surface area contributed by atoms with Gasteiger partial charge in [0.1, 0.15) is 16.2 Å². The zero-order valence-electron chi connectivity index (χ0n) is 19.4. The van der Waals surface area contributed by atoms with E-state index in [9.17, 15) is 32.5 Å². The molecule has 3 rings (SSSR count). The van der Waals surface area contributed by atoms with Crippen molar-refractivity contribution in [2.24, 2.45) is 29.6 Å². The molecule has 1 heterocycles. The zero-order chi connectivity index (χ0) is 25.0. The van der Waals surface area contributed by atoms with Gasteiger partial charge in [-0.05, 0) is 49.9 Å². The molecule has 3 aliphatic rings. The lowest BCUT2D eigenvalue weighted by Crippen LogP contribution is -2.55. The van der Waals surface area contributed by atoms with Crippen LogP contribution in [0.1, 0.15) is 46.0 Å². The van der Waals surface area contributed by atoms with E-state index in [2.05, 4.69) is 28.1 Å². The summed E-state index contributed by atoms with van der Waals surface area (Å²) in [7, 11) is -5.16. The van der Waals surface area contributed by atoms with Crippen molar-refractivity contribution in [3.8, 4) is 0 Å². The van der Waals surface area contributed by atoms with Gasteiger partial charge in [-0.3, -0.25) is 9.59 Å². The molecule has 4 N–H and O–H groups in total. The van der Waals surface area contributed by atoms with E-state index in [1.54, 1.807) is 0 Å². The van der Waals surface area contributed by atoms with Gasteiger partial charge in [0.2, 0.25) is 11.8 Å². The summed E-state index contributed by atoms with van der Waals surface area (Å²) in [5, 5.41) is 17.6. The van der Waals surface area contributed by atoms with Crippen LogP contribution < -0.4 is 16.0 Å². The quantitative estimate of drug-likeness (QED) is 0.230. The molecule has 0 aromatic carbocycles. The molecule has 7 atom stereocenters. The lowest BCUT2D eigenvalue weighted by Gasteiger charge is -2.29. The third-order valence-corrected chi connectivity index (χ3v) is 7.75. The van der Waals surface area contributed by atoms with E-state index in [0.29, 0.717) is 24.8 Å². The second-order valence-electron chi connectivity index (χ2n) is 9.98. The Morgan fingerprint density at radius 2 is 2.00 bits per heavy atom. The number of rotatable bonds is 11. The largest absolute Gasteiger partial charge is 0.746 e. The van der Waals surface area contributed by atoms with Crippen LogP contribution in [0.4, 0.5) is 4.79 Å². The predicted octanol–water partition coefficient (Wildman–Crippen LogP) is 0.214. The van der Waals surface area contributed by atoms with Crippen molar-refractivity contribution in [3.63, 3.8) is 0 Å². The van der Waals surface area contributed by atoms with Crippen LogP contribution in [0.5, 0.6) is 0 Å². The van der Waals surface area contributed by atoms with Crippen LogP contribution in [0, 0.1) is 29.6 Å². The van der Waals surface area contributed by atoms with Gasteiger partial charge in [-0.15, -0.1) is 0 Å². The fourth-order valence-corrected chi connectivity index (χ4v) is 5.64. The Hall–Kier alpha value is -2.18. The fraction of sp³-hybridized carbons (Fsp3) is 0.773. The van der Waals surface area contributed by atoms with Crippen LogP contribution >= 0.6 is 0 Å². The Morgan fingerprint density at radius 3 is 2.53 bits per heavy atom. The number of carbonyl (C=O) groups excluding carboxylic acids is 3. The van der Waals surface area contributed by atoms with Crippen molar-refractivity contribution in [2.45, 2.75) is 63.5 Å². The molecule has 2 fully saturated rings. The lowest BCUT2D eigenvalue weighted by atomic mass is 9.95. The van der Waals surface area contributed by atoms with Crippen LogP contribution in [-0.4, -0.2) is 66.7 Å². The highest BCUT2D eigenvalue weighted by molar-refractivity contribution is 7.86. The number of nitrogens with one attached hydrogen (secondary N) is 3. The number of hydrogen-bond acceptors (Lipinski definition) is 8. The molecule has 0 radical (unpaired) electrons. The summed E-state index contributed by atoms with van der Waals surface area (Å²) in [6.07, 6.45) is 5.97. The average Bonchev–Trinajstić information content (AvgIpc) is 3.47. The van der Waals surface area contributed by atoms with Crippen LogP contribution in [0.25, 0.3) is 0 Å². The summed E-state index contributed by atoms with van der Waals surface area (Å²) < 4.78 is 39.7. The van der Waals surface area contributed by atoms with Gasteiger partial charge >= 0.3 is 6.09 Å². The third-order valence-electron chi connectivity index (χ3n) is 6.83. The first-order valence-electron chi connectivity index (χ1n) is 11.8. The number of alkyl carbamates (subject to hydrolysis) is 1. The van der Waals surface area contributed by atoms with E-state index in [1.807, 2.05) is 13.8 Å². The first kappa shape index (κ1) is 26.4. The molecule has 12 heteroatoms. The number of aliphatic hydroxyl groups is 1. The van der Waals surface area contributed by atoms with Gasteiger partial charge < -0.3 is 30.3 Å². The molecular formula is C22H34N3O8S-. The molecule has 2 bridgehead atoms. The van der Waals surface area contributed by atoms with E-state index in [1.165, 1.54) is 0 Å². The minimum Gasteiger partial charge on any atom is -0.746 e. The monoisotopic (exact) mass is 500 g/mol. The van der Waals surface area contributed by atoms with Crippen LogP contribution in [-0.2, 0) is 24.4 Å². The summed E-state index contributed by atoms with van der Waals surface area (Å²) in [6.45, 7) is 4.30. The summed E-state index contributed by atoms with van der Waals surface area (Å²) in [6, 6.07) is -2.58. The predicted molar refractivity (Wildman–Crippen MR) is 120 cm³/mol. The van der Waals surface area contributed by atoms with Crippen LogP contribution in [0.2, 0.25) is 0 Å². The Morgan fingerprint density at radius 1 is 1.26 bits per heavy atom. The van der Waals surface area contributed by atoms with Crippen molar-refractivity contribution in [1.82, 2.24) is 16.0 Å². The van der Waals surface area contributed by atoms with Gasteiger partial charge in [-0.25, -0.2) is 13.2 Å². The SMILES string of the molecule is CC(C)C[C@H](NC(=O)OCC1CC2C=CC1C2)C(=O)N[C@@H](C[C@@H]1CCNC1=O)C(O)S(=O)(=O)[O-]. The standard InChI is InChI=1S/C22H35N3O8S/c1-12(2)7-17(25-22(29)33-11-16-9-13-3-4-14(16)8-13)20(27)24-18(21(28)34(30,31)32)10-15-5-6-23-19(15)26/h3-4,12-18,21,28H,5-11H2,1-2H3,(H,23,26)(H,24,27)(H,25,29)(H,30,31,32)/p-1/t13?,14?,15-,16?,17-,18-,21?/m0/s1. The van der Waals surface area contributed by atoms with E-state index >= 15 is 0 Å². The van der Waals surface area contributed by atoms with Crippen molar-refractivity contribution < 1.29 is 37.2 Å². The third kappa shape index (κ3) is 6.92. The highest BCUT2D eigenvalue weighted by Crippen LogP contribution is 2.43. The average molecular weight is 501 g/mol. The van der Waals surface area contributed by atoms with Gasteiger partial charge in [-0.2, -0.15) is 0 Å². The number of ether oxygens (including phenoxy) is 1. The summed E-state index contributed by atoms with van der Waals surface area (Å²) in [5.41, 5.74) is -2.43. The fourth-order valence-electron chi connectivity index (χ4n) is 5.06. The molecule has 11 nitrogen and oxygen atoms in total. The minimum atomic E-state index is -5.16. The Labute approximate surface area is 199 Å². The molecule has 34 heavy (non-hydrogen) atoms. The van der Waals surface area contributed by atoms with E-state index in [4.69, 9.17) is 4.74 Å². The van der Waals surface area contributed by atoms with Gasteiger partial charge in [0.15, 0.2) is 5.44 Å². The van der Waals surface area contributed by atoms with Gasteiger partial charge in [0.25, 0.3) is 0 Å². The van der Waals surface area contributed by atoms with Gasteiger partial charge in [0, 0.05) is 18.4 Å². The van der Waals surface area contributed by atoms with Crippen LogP contribution in [0.15, 0.2) is 12.2 Å². The van der Waals surface area contributed by atoms with Gasteiger partial charge in [0.05, 0.1) is 12.6 Å². The zero-order valence-corrected chi connectivity index (χ0v) is 20.3. The Kier molecular flexibility index (Phi) is 8.58. The molecule has 0 spiro atoms. The highest BCUT2D eigenvalue weighted by atomic mass is 32.2. The van der Waals surface area contributed by atoms with Crippen molar-refractivity contribution in [2.75, 3.05) is 13.2 Å². The number of amides is 3. The number of aliphatic hydroxyl groups excluding tert-OH is 1. The molecule has 1 saturated heterocycles. The van der Waals surface area contributed by atoms with Crippen molar-refractivity contribution >= 4 is 28.0 Å². The van der Waals surface area contributed by atoms with E-state index < -0.39 is 45.6 Å². The minimum absolute atomic E-state index is 0.0148. The summed E-state index contributed by atoms with van der Waals surface area (Å²) in [4.78, 5) is 37.3. The molecule has 3 amide bonds. The second kappa shape index (κ2) is 11.0. The number of fused-ring (bicyclic) bond motifs is 2. The number of carbonyl (C=O) groups is 3. The maximum absolute atomic E-state index is 13.0. The maximum Gasteiger partial charge on any atom is 0.407 e.